The summed E-state index contributed by atoms with van der Waals surface area (Å²) in [6, 6.07) is 6.39. The zero-order chi connectivity index (χ0) is 17.1. The minimum absolute atomic E-state index is 0.0144. The van der Waals surface area contributed by atoms with E-state index in [1.54, 1.807) is 0 Å². The Morgan fingerprint density at radius 3 is 2.88 bits per heavy atom. The third kappa shape index (κ3) is 3.19. The molecule has 1 aliphatic heterocycles. The molecule has 0 saturated heterocycles. The topological polar surface area (TPSA) is 108 Å². The predicted octanol–water partition coefficient (Wildman–Crippen LogP) is 1.35. The lowest BCUT2D eigenvalue weighted by Gasteiger charge is -2.03. The summed E-state index contributed by atoms with van der Waals surface area (Å²) in [5.74, 6) is 0.389. The van der Waals surface area contributed by atoms with Gasteiger partial charge in [-0.3, -0.25) is 14.9 Å². The van der Waals surface area contributed by atoms with E-state index in [1.807, 2.05) is 29.9 Å². The van der Waals surface area contributed by atoms with Crippen LogP contribution in [0.25, 0.3) is 0 Å². The number of carbonyl (C=O) groups is 1. The number of hydrazone groups is 1. The minimum Gasteiger partial charge on any atom is -0.454 e. The van der Waals surface area contributed by atoms with Gasteiger partial charge >= 0.3 is 0 Å². The maximum Gasteiger partial charge on any atom is 0.282 e. The number of fused-ring (bicyclic) bond motifs is 1. The monoisotopic (exact) mass is 330 g/mol. The molecule has 2 heterocycles. The van der Waals surface area contributed by atoms with E-state index in [2.05, 4.69) is 10.5 Å². The number of aromatic nitrogens is 1. The van der Waals surface area contributed by atoms with Crippen LogP contribution < -0.4 is 14.9 Å². The van der Waals surface area contributed by atoms with Gasteiger partial charge in [0.1, 0.15) is 0 Å². The Morgan fingerprint density at radius 1 is 1.46 bits per heavy atom. The van der Waals surface area contributed by atoms with Crippen LogP contribution in [0.1, 0.15) is 11.3 Å². The molecule has 9 nitrogen and oxygen atoms in total. The number of nitro benzene ring substituents is 1. The van der Waals surface area contributed by atoms with Crippen LogP contribution in [0, 0.1) is 10.1 Å². The number of aryl methyl sites for hydroxylation is 1. The molecule has 2 aromatic rings. The van der Waals surface area contributed by atoms with E-state index in [-0.39, 0.29) is 30.4 Å². The molecule has 0 saturated carbocycles. The van der Waals surface area contributed by atoms with Gasteiger partial charge in [0.25, 0.3) is 5.69 Å². The average molecular weight is 330 g/mol. The molecule has 1 amide bonds. The molecule has 0 fully saturated rings. The van der Waals surface area contributed by atoms with Crippen molar-refractivity contribution in [2.75, 3.05) is 6.79 Å². The normalized spacial score (nSPS) is 12.5. The van der Waals surface area contributed by atoms with E-state index in [9.17, 15) is 14.9 Å². The Labute approximate surface area is 136 Å². The summed E-state index contributed by atoms with van der Waals surface area (Å²) in [5, 5.41) is 14.9. The van der Waals surface area contributed by atoms with Crippen LogP contribution in [0.4, 0.5) is 5.69 Å². The fourth-order valence-electron chi connectivity index (χ4n) is 2.27. The second-order valence-electron chi connectivity index (χ2n) is 5.10. The Bertz CT molecular complexity index is 827. The third-order valence-electron chi connectivity index (χ3n) is 3.50. The van der Waals surface area contributed by atoms with Gasteiger partial charge in [-0.05, 0) is 18.2 Å². The molecule has 0 bridgehead atoms. The Kier molecular flexibility index (Phi) is 4.15. The lowest BCUT2D eigenvalue weighted by molar-refractivity contribution is -0.385. The van der Waals surface area contributed by atoms with E-state index in [0.717, 1.165) is 5.69 Å². The number of nitro groups is 1. The number of amides is 1. The fourth-order valence-corrected chi connectivity index (χ4v) is 2.27. The van der Waals surface area contributed by atoms with Crippen LogP contribution in [0.3, 0.4) is 0 Å². The van der Waals surface area contributed by atoms with Crippen LogP contribution >= 0.6 is 0 Å². The number of nitrogens with one attached hydrogen (secondary N) is 1. The van der Waals surface area contributed by atoms with Gasteiger partial charge in [0.2, 0.25) is 12.7 Å². The Morgan fingerprint density at radius 2 is 2.21 bits per heavy atom. The summed E-state index contributed by atoms with van der Waals surface area (Å²) >= 11 is 0. The molecule has 0 spiro atoms. The SMILES string of the molecule is Cn1cccc1CC(=O)NN=Cc1cc2c(cc1[N+](=O)[O-])OCO2. The van der Waals surface area contributed by atoms with Crippen molar-refractivity contribution in [1.29, 1.82) is 0 Å². The van der Waals surface area contributed by atoms with E-state index in [0.29, 0.717) is 11.5 Å². The van der Waals surface area contributed by atoms with Crippen LogP contribution in [0.5, 0.6) is 11.5 Å². The average Bonchev–Trinajstić information content (AvgIpc) is 3.15. The second-order valence-corrected chi connectivity index (χ2v) is 5.10. The van der Waals surface area contributed by atoms with Crippen molar-refractivity contribution in [3.8, 4) is 11.5 Å². The first-order valence-corrected chi connectivity index (χ1v) is 7.05. The Hall–Kier alpha value is -3.36. The smallest absolute Gasteiger partial charge is 0.282 e. The number of hydrogen-bond acceptors (Lipinski definition) is 6. The molecule has 0 unspecified atom stereocenters. The Balaban J connectivity index is 1.71. The number of hydrogen-bond donors (Lipinski definition) is 1. The van der Waals surface area contributed by atoms with Crippen molar-refractivity contribution < 1.29 is 19.2 Å². The van der Waals surface area contributed by atoms with Crippen molar-refractivity contribution in [2.45, 2.75) is 6.42 Å². The van der Waals surface area contributed by atoms with Gasteiger partial charge in [0.05, 0.1) is 29.2 Å². The van der Waals surface area contributed by atoms with E-state index in [1.165, 1.54) is 18.3 Å². The van der Waals surface area contributed by atoms with E-state index >= 15 is 0 Å². The van der Waals surface area contributed by atoms with Gasteiger partial charge in [-0.15, -0.1) is 0 Å². The highest BCUT2D eigenvalue weighted by Gasteiger charge is 2.22. The highest BCUT2D eigenvalue weighted by atomic mass is 16.7. The molecule has 3 rings (SSSR count). The summed E-state index contributed by atoms with van der Waals surface area (Å²) in [6.45, 7) is 0.0144. The summed E-state index contributed by atoms with van der Waals surface area (Å²) in [5.41, 5.74) is 3.21. The maximum atomic E-state index is 11.8. The van der Waals surface area contributed by atoms with Gasteiger partial charge < -0.3 is 14.0 Å². The molecule has 1 aromatic carbocycles. The molecule has 0 atom stereocenters. The second kappa shape index (κ2) is 6.41. The molecule has 0 radical (unpaired) electrons. The van der Waals surface area contributed by atoms with Crippen LogP contribution in [-0.4, -0.2) is 28.4 Å². The van der Waals surface area contributed by atoms with Crippen molar-refractivity contribution in [2.24, 2.45) is 12.1 Å². The molecular weight excluding hydrogens is 316 g/mol. The number of ether oxygens (including phenoxy) is 2. The summed E-state index contributed by atoms with van der Waals surface area (Å²) in [7, 11) is 1.84. The molecule has 9 heteroatoms. The number of benzene rings is 1. The zero-order valence-corrected chi connectivity index (χ0v) is 12.8. The molecule has 1 aliphatic rings. The number of nitrogens with zero attached hydrogens (tertiary/aromatic N) is 3. The summed E-state index contributed by atoms with van der Waals surface area (Å²) in [6.07, 6.45) is 3.20. The molecule has 1 N–H and O–H groups in total. The maximum absolute atomic E-state index is 11.8. The van der Waals surface area contributed by atoms with Crippen molar-refractivity contribution in [3.05, 3.63) is 51.8 Å². The van der Waals surface area contributed by atoms with Gasteiger partial charge in [-0.2, -0.15) is 5.10 Å². The van der Waals surface area contributed by atoms with Crippen LogP contribution in [0.2, 0.25) is 0 Å². The minimum atomic E-state index is -0.547. The zero-order valence-electron chi connectivity index (χ0n) is 12.8. The first-order chi connectivity index (χ1) is 11.5. The molecule has 124 valence electrons. The van der Waals surface area contributed by atoms with Crippen LogP contribution in [0.15, 0.2) is 35.6 Å². The summed E-state index contributed by atoms with van der Waals surface area (Å²) in [4.78, 5) is 22.4. The third-order valence-corrected chi connectivity index (χ3v) is 3.50. The molecule has 0 aliphatic carbocycles. The van der Waals surface area contributed by atoms with Crippen molar-refractivity contribution >= 4 is 17.8 Å². The molecule has 1 aromatic heterocycles. The quantitative estimate of drug-likeness (QED) is 0.506. The van der Waals surface area contributed by atoms with E-state index in [4.69, 9.17) is 9.47 Å². The first-order valence-electron chi connectivity index (χ1n) is 7.05. The first kappa shape index (κ1) is 15.5. The standard InChI is InChI=1S/C15H14N4O5/c1-18-4-2-3-11(18)6-15(20)17-16-8-10-5-13-14(24-9-23-13)7-12(10)19(21)22/h2-5,7-8H,6,9H2,1H3,(H,17,20). The van der Waals surface area contributed by atoms with Crippen LogP contribution in [-0.2, 0) is 18.3 Å². The van der Waals surface area contributed by atoms with Crippen molar-refractivity contribution in [1.82, 2.24) is 9.99 Å². The van der Waals surface area contributed by atoms with Crippen molar-refractivity contribution in [3.63, 3.8) is 0 Å². The highest BCUT2D eigenvalue weighted by molar-refractivity contribution is 5.88. The van der Waals surface area contributed by atoms with E-state index < -0.39 is 4.92 Å². The summed E-state index contributed by atoms with van der Waals surface area (Å²) < 4.78 is 12.1. The van der Waals surface area contributed by atoms with Gasteiger partial charge in [-0.1, -0.05) is 0 Å². The van der Waals surface area contributed by atoms with Gasteiger partial charge in [0, 0.05) is 18.9 Å². The van der Waals surface area contributed by atoms with Gasteiger partial charge in [0.15, 0.2) is 11.5 Å². The van der Waals surface area contributed by atoms with Gasteiger partial charge in [-0.25, -0.2) is 5.43 Å². The number of rotatable bonds is 5. The largest absolute Gasteiger partial charge is 0.454 e. The fraction of sp³-hybridized carbons (Fsp3) is 0.200. The molecular formula is C15H14N4O5. The number of carbonyl (C=O) groups excluding carboxylic acids is 1. The lowest BCUT2D eigenvalue weighted by atomic mass is 10.1. The lowest BCUT2D eigenvalue weighted by Crippen LogP contribution is -2.21. The predicted molar refractivity (Wildman–Crippen MR) is 84.1 cm³/mol. The highest BCUT2D eigenvalue weighted by Crippen LogP contribution is 2.37. The molecule has 24 heavy (non-hydrogen) atoms.